The number of benzene rings is 1. The Morgan fingerprint density at radius 2 is 2.16 bits per heavy atom. The third kappa shape index (κ3) is 3.69. The van der Waals surface area contributed by atoms with Crippen LogP contribution in [0.2, 0.25) is 0 Å². The number of nitrogens with zero attached hydrogens (tertiary/aromatic N) is 3. The molecule has 0 amide bonds. The number of thioether (sulfide) groups is 1. The fraction of sp³-hybridized carbons (Fsp3) is 0.308. The summed E-state index contributed by atoms with van der Waals surface area (Å²) < 4.78 is 0.807. The number of nitriles is 1. The molecule has 0 saturated heterocycles. The average molecular weight is 290 g/mol. The Labute approximate surface area is 120 Å². The molecule has 98 valence electrons. The summed E-state index contributed by atoms with van der Waals surface area (Å²) in [5, 5.41) is 20.8. The fourth-order valence-corrected chi connectivity index (χ4v) is 3.35. The number of anilines is 2. The van der Waals surface area contributed by atoms with Crippen LogP contribution in [0.1, 0.15) is 18.1 Å². The van der Waals surface area contributed by atoms with Crippen molar-refractivity contribution >= 4 is 33.9 Å². The van der Waals surface area contributed by atoms with Crippen molar-refractivity contribution in [1.29, 1.82) is 5.26 Å². The van der Waals surface area contributed by atoms with Crippen molar-refractivity contribution in [2.75, 3.05) is 5.32 Å². The number of aryl methyl sites for hydroxylation is 2. The molecule has 2 aromatic rings. The SMILES string of the molecule is Cc1ccc(Nc2nnc(S[C@H](C)C#N)s2)c(C)c1. The maximum Gasteiger partial charge on any atom is 0.210 e. The molecule has 0 bridgehead atoms. The zero-order chi connectivity index (χ0) is 13.8. The van der Waals surface area contributed by atoms with E-state index in [0.29, 0.717) is 0 Å². The van der Waals surface area contributed by atoms with Crippen LogP contribution < -0.4 is 5.32 Å². The molecule has 1 aromatic heterocycles. The van der Waals surface area contributed by atoms with Crippen molar-refractivity contribution in [3.63, 3.8) is 0 Å². The molecule has 1 heterocycles. The van der Waals surface area contributed by atoms with E-state index in [1.807, 2.05) is 13.0 Å². The summed E-state index contributed by atoms with van der Waals surface area (Å²) in [4.78, 5) is 0. The van der Waals surface area contributed by atoms with E-state index in [0.717, 1.165) is 15.2 Å². The predicted octanol–water partition coefficient (Wildman–Crippen LogP) is 3.90. The van der Waals surface area contributed by atoms with Crippen LogP contribution in [0, 0.1) is 25.2 Å². The highest BCUT2D eigenvalue weighted by Gasteiger charge is 2.09. The molecule has 19 heavy (non-hydrogen) atoms. The van der Waals surface area contributed by atoms with Crippen molar-refractivity contribution in [2.45, 2.75) is 30.4 Å². The van der Waals surface area contributed by atoms with Gasteiger partial charge in [0.15, 0.2) is 4.34 Å². The summed E-state index contributed by atoms with van der Waals surface area (Å²) in [6.07, 6.45) is 0. The first-order chi connectivity index (χ1) is 9.08. The van der Waals surface area contributed by atoms with Crippen LogP contribution in [-0.4, -0.2) is 15.4 Å². The van der Waals surface area contributed by atoms with E-state index in [2.05, 4.69) is 47.6 Å². The first kappa shape index (κ1) is 13.8. The third-order valence-electron chi connectivity index (χ3n) is 2.49. The molecular weight excluding hydrogens is 276 g/mol. The lowest BCUT2D eigenvalue weighted by Gasteiger charge is -2.06. The van der Waals surface area contributed by atoms with E-state index in [4.69, 9.17) is 5.26 Å². The molecule has 6 heteroatoms. The Morgan fingerprint density at radius 1 is 1.37 bits per heavy atom. The molecule has 1 aromatic carbocycles. The first-order valence-corrected chi connectivity index (χ1v) is 7.52. The monoisotopic (exact) mass is 290 g/mol. The van der Waals surface area contributed by atoms with Gasteiger partial charge in [-0.2, -0.15) is 5.26 Å². The predicted molar refractivity (Wildman–Crippen MR) is 80.0 cm³/mol. The number of hydrogen-bond donors (Lipinski definition) is 1. The molecular formula is C13H14N4S2. The number of rotatable bonds is 4. The van der Waals surface area contributed by atoms with Crippen LogP contribution in [0.25, 0.3) is 0 Å². The van der Waals surface area contributed by atoms with Crippen molar-refractivity contribution < 1.29 is 0 Å². The van der Waals surface area contributed by atoms with Crippen LogP contribution in [0.15, 0.2) is 22.5 Å². The fourth-order valence-electron chi connectivity index (χ4n) is 1.55. The van der Waals surface area contributed by atoms with E-state index < -0.39 is 0 Å². The minimum atomic E-state index is -0.109. The molecule has 0 radical (unpaired) electrons. The molecule has 0 aliphatic heterocycles. The van der Waals surface area contributed by atoms with Crippen LogP contribution >= 0.6 is 23.1 Å². The van der Waals surface area contributed by atoms with Crippen molar-refractivity contribution in [1.82, 2.24) is 10.2 Å². The summed E-state index contributed by atoms with van der Waals surface area (Å²) in [5.74, 6) is 0. The summed E-state index contributed by atoms with van der Waals surface area (Å²) in [7, 11) is 0. The van der Waals surface area contributed by atoms with Gasteiger partial charge in [0.1, 0.15) is 0 Å². The molecule has 1 N–H and O–H groups in total. The molecule has 2 rings (SSSR count). The van der Waals surface area contributed by atoms with Gasteiger partial charge in [-0.1, -0.05) is 40.8 Å². The van der Waals surface area contributed by atoms with Gasteiger partial charge >= 0.3 is 0 Å². The van der Waals surface area contributed by atoms with E-state index in [9.17, 15) is 0 Å². The van der Waals surface area contributed by atoms with Gasteiger partial charge in [0, 0.05) is 5.69 Å². The van der Waals surface area contributed by atoms with Crippen molar-refractivity contribution in [3.8, 4) is 6.07 Å². The molecule has 0 aliphatic carbocycles. The van der Waals surface area contributed by atoms with Crippen LogP contribution in [-0.2, 0) is 0 Å². The Hall–Kier alpha value is -1.58. The highest BCUT2D eigenvalue weighted by molar-refractivity contribution is 8.01. The first-order valence-electron chi connectivity index (χ1n) is 5.82. The van der Waals surface area contributed by atoms with Crippen LogP contribution in [0.5, 0.6) is 0 Å². The lowest BCUT2D eigenvalue weighted by molar-refractivity contribution is 1.01. The summed E-state index contributed by atoms with van der Waals surface area (Å²) >= 11 is 2.89. The van der Waals surface area contributed by atoms with E-state index in [1.165, 1.54) is 34.2 Å². The Bertz CT molecular complexity index is 615. The van der Waals surface area contributed by atoms with E-state index in [-0.39, 0.29) is 5.25 Å². The second-order valence-corrected chi connectivity index (χ2v) is 6.77. The second kappa shape index (κ2) is 6.04. The second-order valence-electron chi connectivity index (χ2n) is 4.21. The smallest absolute Gasteiger partial charge is 0.210 e. The Balaban J connectivity index is 2.10. The molecule has 0 aliphatic rings. The maximum atomic E-state index is 8.77. The highest BCUT2D eigenvalue weighted by Crippen LogP contribution is 2.30. The van der Waals surface area contributed by atoms with Gasteiger partial charge in [0.25, 0.3) is 0 Å². The van der Waals surface area contributed by atoms with Gasteiger partial charge < -0.3 is 5.32 Å². The number of hydrogen-bond acceptors (Lipinski definition) is 6. The Morgan fingerprint density at radius 3 is 2.84 bits per heavy atom. The van der Waals surface area contributed by atoms with E-state index >= 15 is 0 Å². The van der Waals surface area contributed by atoms with Gasteiger partial charge in [-0.15, -0.1) is 10.2 Å². The van der Waals surface area contributed by atoms with Gasteiger partial charge in [-0.3, -0.25) is 0 Å². The standard InChI is InChI=1S/C13H14N4S2/c1-8-4-5-11(9(2)6-8)15-12-16-17-13(19-12)18-10(3)7-14/h4-6,10H,1-3H3,(H,15,16)/t10-/m1/s1. The van der Waals surface area contributed by atoms with Gasteiger partial charge in [0.2, 0.25) is 5.13 Å². The molecule has 0 unspecified atom stereocenters. The number of aromatic nitrogens is 2. The zero-order valence-corrected chi connectivity index (χ0v) is 12.6. The van der Waals surface area contributed by atoms with Gasteiger partial charge in [0.05, 0.1) is 11.3 Å². The van der Waals surface area contributed by atoms with Crippen molar-refractivity contribution in [3.05, 3.63) is 29.3 Å². The normalized spacial score (nSPS) is 11.9. The zero-order valence-electron chi connectivity index (χ0n) is 11.0. The third-order valence-corrected chi connectivity index (χ3v) is 4.40. The van der Waals surface area contributed by atoms with Crippen molar-refractivity contribution in [2.24, 2.45) is 0 Å². The molecule has 0 saturated carbocycles. The highest BCUT2D eigenvalue weighted by atomic mass is 32.2. The van der Waals surface area contributed by atoms with Gasteiger partial charge in [-0.25, -0.2) is 0 Å². The Kier molecular flexibility index (Phi) is 4.40. The topological polar surface area (TPSA) is 61.6 Å². The lowest BCUT2D eigenvalue weighted by atomic mass is 10.1. The minimum absolute atomic E-state index is 0.109. The van der Waals surface area contributed by atoms with Crippen LogP contribution in [0.3, 0.4) is 0 Å². The molecule has 4 nitrogen and oxygen atoms in total. The van der Waals surface area contributed by atoms with E-state index in [1.54, 1.807) is 0 Å². The molecule has 1 atom stereocenters. The maximum absolute atomic E-state index is 8.77. The molecule has 0 spiro atoms. The summed E-state index contributed by atoms with van der Waals surface area (Å²) in [6, 6.07) is 8.39. The summed E-state index contributed by atoms with van der Waals surface area (Å²) in [5.41, 5.74) is 3.45. The molecule has 0 fully saturated rings. The average Bonchev–Trinajstić information content (AvgIpc) is 2.80. The number of nitrogens with one attached hydrogen (secondary N) is 1. The largest absolute Gasteiger partial charge is 0.330 e. The minimum Gasteiger partial charge on any atom is -0.330 e. The lowest BCUT2D eigenvalue weighted by Crippen LogP contribution is -1.92. The quantitative estimate of drug-likeness (QED) is 0.865. The van der Waals surface area contributed by atoms with Crippen LogP contribution in [0.4, 0.5) is 10.8 Å². The summed E-state index contributed by atoms with van der Waals surface area (Å²) in [6.45, 7) is 5.98. The van der Waals surface area contributed by atoms with Gasteiger partial charge in [-0.05, 0) is 32.4 Å².